The Hall–Kier alpha value is -7.06. The number of quaternary nitrogens is 1. The maximum atomic E-state index is 10.1. The Morgan fingerprint density at radius 3 is 0.885 bits per heavy atom. The number of nitrogens with one attached hydrogen (secondary N) is 1. The van der Waals surface area contributed by atoms with Crippen molar-refractivity contribution >= 4 is 50.6 Å². The molecule has 0 spiro atoms. The summed E-state index contributed by atoms with van der Waals surface area (Å²) in [5.41, 5.74) is 8.99. The van der Waals surface area contributed by atoms with Gasteiger partial charge < -0.3 is 10.2 Å². The predicted molar refractivity (Wildman–Crippen MR) is 331 cm³/mol. The number of allylic oxidation sites excluding steroid dienone is 2. The van der Waals surface area contributed by atoms with Gasteiger partial charge in [-0.05, 0) is 61.8 Å². The molecule has 6 aromatic carbocycles. The van der Waals surface area contributed by atoms with Gasteiger partial charge in [-0.15, -0.1) is 11.9 Å². The lowest BCUT2D eigenvalue weighted by Gasteiger charge is -2.36. The van der Waals surface area contributed by atoms with Crippen LogP contribution in [0, 0.1) is 22.5 Å². The van der Waals surface area contributed by atoms with E-state index in [1.54, 1.807) is 0 Å². The first kappa shape index (κ1) is 60.2. The van der Waals surface area contributed by atoms with Crippen LogP contribution in [-0.4, -0.2) is 59.8 Å². The molecule has 0 aliphatic carbocycles. The highest BCUT2D eigenvalue weighted by molar-refractivity contribution is 7.17. The van der Waals surface area contributed by atoms with Crippen LogP contribution < -0.4 is 37.8 Å². The van der Waals surface area contributed by atoms with E-state index in [2.05, 4.69) is 47.4 Å². The van der Waals surface area contributed by atoms with Gasteiger partial charge in [0.2, 0.25) is 0 Å². The van der Waals surface area contributed by atoms with E-state index in [-0.39, 0.29) is 0 Å². The molecule has 404 valence electrons. The van der Waals surface area contributed by atoms with Crippen molar-refractivity contribution < 1.29 is 19.7 Å². The van der Waals surface area contributed by atoms with Crippen molar-refractivity contribution in [2.24, 2.45) is 0 Å². The fraction of sp³-hybridized carbons (Fsp3) is 0.329. The Balaban J connectivity index is 0.000000200. The number of nitriles is 2. The Morgan fingerprint density at radius 1 is 0.372 bits per heavy atom. The number of aromatic nitrogens is 1. The molecule has 3 N–H and O–H groups in total. The van der Waals surface area contributed by atoms with Crippen molar-refractivity contribution in [3.63, 3.8) is 0 Å². The summed E-state index contributed by atoms with van der Waals surface area (Å²) in [6, 6.07) is 64.7. The largest absolute Gasteiger partial charge is 0.396 e. The topological polar surface area (TPSA) is 102 Å². The number of H-pyrrole nitrogens is 1. The number of nitrogens with zero attached hydrogens (tertiary/aromatic N) is 3. The SMILES string of the molecule is N#C[B-](c1ccccc1)(c1ccccc1)c1ccccc1.N#C[B-](c1ccccc1)(c1ccccc1)c1ccccc1.OCCCCCCCCCCC[N+]1(CCCCCCCCCCCO)C=CC(c2cc[nH+]cc2)=CC1. The molecule has 8 heteroatoms. The van der Waals surface area contributed by atoms with E-state index < -0.39 is 12.3 Å². The molecule has 2 heterocycles. The Bertz CT molecular complexity index is 2470. The minimum Gasteiger partial charge on any atom is -0.396 e. The normalized spacial score (nSPS) is 12.6. The lowest BCUT2D eigenvalue weighted by atomic mass is 9.16. The summed E-state index contributed by atoms with van der Waals surface area (Å²) < 4.78 is 1.13. The second kappa shape index (κ2) is 34.7. The average molecular weight is 1040 g/mol. The smallest absolute Gasteiger partial charge is 0.183 e. The number of aliphatic hydroxyl groups excluding tert-OH is 2. The summed E-state index contributed by atoms with van der Waals surface area (Å²) in [7, 11) is 0. The highest BCUT2D eigenvalue weighted by Crippen LogP contribution is 2.26. The molecular weight excluding hydrogens is 950 g/mol. The zero-order chi connectivity index (χ0) is 54.7. The van der Waals surface area contributed by atoms with Gasteiger partial charge in [0.05, 0.1) is 19.3 Å². The molecule has 0 amide bonds. The quantitative estimate of drug-likeness (QED) is 0.0277. The van der Waals surface area contributed by atoms with Gasteiger partial charge in [0.15, 0.2) is 24.7 Å². The third-order valence-corrected chi connectivity index (χ3v) is 16.0. The average Bonchev–Trinajstić information content (AvgIpc) is 3.56. The number of hydrogen-bond donors (Lipinski definition) is 2. The van der Waals surface area contributed by atoms with Crippen LogP contribution in [0.3, 0.4) is 0 Å². The molecule has 0 radical (unpaired) electrons. The molecule has 6 nitrogen and oxygen atoms in total. The van der Waals surface area contributed by atoms with Gasteiger partial charge in [-0.2, -0.15) is 32.8 Å². The third-order valence-electron chi connectivity index (χ3n) is 16.0. The van der Waals surface area contributed by atoms with Gasteiger partial charge in [-0.3, -0.25) is 4.48 Å². The van der Waals surface area contributed by atoms with Crippen LogP contribution >= 0.6 is 0 Å². The Labute approximate surface area is 469 Å². The maximum Gasteiger partial charge on any atom is 0.183 e. The minimum atomic E-state index is -1.59. The molecule has 1 aliphatic heterocycles. The van der Waals surface area contributed by atoms with E-state index in [1.165, 1.54) is 127 Å². The summed E-state index contributed by atoms with van der Waals surface area (Å²) in [6.07, 6.45) is 31.2. The summed E-state index contributed by atoms with van der Waals surface area (Å²) in [6.45, 7) is 4.36. The summed E-state index contributed by atoms with van der Waals surface area (Å²) in [5, 5.41) is 38.0. The number of benzene rings is 6. The first-order valence-electron chi connectivity index (χ1n) is 29.5. The zero-order valence-corrected chi connectivity index (χ0v) is 46.5. The van der Waals surface area contributed by atoms with Gasteiger partial charge in [0.25, 0.3) is 0 Å². The van der Waals surface area contributed by atoms with Crippen molar-refractivity contribution in [3.05, 3.63) is 230 Å². The molecule has 1 aliphatic rings. The lowest BCUT2D eigenvalue weighted by molar-refractivity contribution is -0.874. The maximum absolute atomic E-state index is 10.1. The van der Waals surface area contributed by atoms with E-state index in [9.17, 15) is 10.5 Å². The van der Waals surface area contributed by atoms with Gasteiger partial charge in [0.1, 0.15) is 6.54 Å². The minimum absolute atomic E-state index is 0.348. The third kappa shape index (κ3) is 18.0. The standard InChI is InChI=1S/C32H55N2O2.2C19H15BN/c35-29-17-13-9-5-1-3-7-11-15-25-34(26-16-12-8-4-2-6-10-14-18-30-36)27-21-32(22-28-34)31-19-23-33-24-20-31;2*21-16-20(17-10-4-1-5-11-17,18-12-6-2-7-13-18)19-14-8-3-9-15-19/h19-24,27,35-36H,1-18,25-26,28-30H2;2*1-15H/q+1;2*-1/p+1. The van der Waals surface area contributed by atoms with Crippen LogP contribution in [-0.2, 0) is 0 Å². The van der Waals surface area contributed by atoms with E-state index in [1.807, 2.05) is 194 Å². The van der Waals surface area contributed by atoms with E-state index in [4.69, 9.17) is 10.2 Å². The van der Waals surface area contributed by atoms with Crippen LogP contribution in [0.5, 0.6) is 0 Å². The van der Waals surface area contributed by atoms with Crippen molar-refractivity contribution in [3.8, 4) is 11.9 Å². The Morgan fingerprint density at radius 2 is 0.641 bits per heavy atom. The molecule has 0 saturated heterocycles. The van der Waals surface area contributed by atoms with Gasteiger partial charge in [-0.1, -0.05) is 259 Å². The van der Waals surface area contributed by atoms with Crippen LogP contribution in [0.1, 0.15) is 121 Å². The molecule has 0 saturated carbocycles. The van der Waals surface area contributed by atoms with E-state index in [0.29, 0.717) is 13.2 Å². The lowest BCUT2D eigenvalue weighted by Crippen LogP contribution is -2.66. The van der Waals surface area contributed by atoms with Crippen LogP contribution in [0.15, 0.2) is 225 Å². The highest BCUT2D eigenvalue weighted by atomic mass is 16.3. The van der Waals surface area contributed by atoms with Gasteiger partial charge in [-0.25, -0.2) is 15.5 Å². The second-order valence-corrected chi connectivity index (χ2v) is 21.4. The summed E-state index contributed by atoms with van der Waals surface area (Å²) in [4.78, 5) is 3.14. The fourth-order valence-corrected chi connectivity index (χ4v) is 11.5. The number of pyridine rings is 1. The molecule has 0 atom stereocenters. The van der Waals surface area contributed by atoms with Crippen molar-refractivity contribution in [2.75, 3.05) is 32.8 Å². The number of rotatable bonds is 29. The van der Waals surface area contributed by atoms with Crippen molar-refractivity contribution in [1.29, 1.82) is 10.5 Å². The predicted octanol–water partition coefficient (Wildman–Crippen LogP) is 11.7. The fourth-order valence-electron chi connectivity index (χ4n) is 11.5. The number of aromatic amines is 1. The zero-order valence-electron chi connectivity index (χ0n) is 46.5. The highest BCUT2D eigenvalue weighted by Gasteiger charge is 2.31. The molecule has 8 rings (SSSR count). The number of hydrogen-bond acceptors (Lipinski definition) is 4. The molecule has 0 unspecified atom stereocenters. The molecule has 0 bridgehead atoms. The first-order chi connectivity index (χ1) is 38.5. The van der Waals surface area contributed by atoms with Crippen LogP contribution in [0.2, 0.25) is 0 Å². The van der Waals surface area contributed by atoms with E-state index >= 15 is 0 Å². The second-order valence-electron chi connectivity index (χ2n) is 21.4. The number of aliphatic hydroxyl groups is 2. The Kier molecular flexibility index (Phi) is 26.7. The first-order valence-corrected chi connectivity index (χ1v) is 29.5. The molecule has 0 fully saturated rings. The summed E-state index contributed by atoms with van der Waals surface area (Å²) >= 11 is 0. The molecule has 7 aromatic rings. The monoisotopic (exact) mass is 1040 g/mol. The van der Waals surface area contributed by atoms with Crippen LogP contribution in [0.25, 0.3) is 5.57 Å². The number of unbranched alkanes of at least 4 members (excludes halogenated alkanes) is 16. The van der Waals surface area contributed by atoms with E-state index in [0.717, 1.165) is 56.6 Å². The molecule has 78 heavy (non-hydrogen) atoms. The van der Waals surface area contributed by atoms with Crippen molar-refractivity contribution in [2.45, 2.75) is 116 Å². The summed E-state index contributed by atoms with van der Waals surface area (Å²) in [5.74, 6) is 5.25. The molecular formula is C70H86B2N4O2. The van der Waals surface area contributed by atoms with Gasteiger partial charge >= 0.3 is 0 Å². The van der Waals surface area contributed by atoms with Crippen LogP contribution in [0.4, 0.5) is 0 Å². The van der Waals surface area contributed by atoms with Crippen molar-refractivity contribution in [1.82, 2.24) is 0 Å². The van der Waals surface area contributed by atoms with Gasteiger partial charge in [0, 0.05) is 25.3 Å². The molecule has 1 aromatic heterocycles.